The molecule has 0 heterocycles. The van der Waals surface area contributed by atoms with E-state index in [0.29, 0.717) is 16.5 Å². The highest BCUT2D eigenvalue weighted by molar-refractivity contribution is 9.10. The van der Waals surface area contributed by atoms with Crippen LogP contribution < -0.4 is 0 Å². The van der Waals surface area contributed by atoms with E-state index in [0.717, 1.165) is 12.8 Å². The van der Waals surface area contributed by atoms with Crippen LogP contribution in [0.5, 0.6) is 0 Å². The molecule has 0 fully saturated rings. The highest BCUT2D eigenvalue weighted by atomic mass is 79.9. The summed E-state index contributed by atoms with van der Waals surface area (Å²) in [6.45, 7) is 2.03. The highest BCUT2D eigenvalue weighted by Crippen LogP contribution is 2.23. The fraction of sp³-hybridized carbons (Fsp3) is 0.429. The van der Waals surface area contributed by atoms with E-state index >= 15 is 0 Å². The number of unbranched alkanes of at least 4 members (excludes halogenated alkanes) is 1. The lowest BCUT2D eigenvalue weighted by molar-refractivity contribution is -0.143. The van der Waals surface area contributed by atoms with Crippen molar-refractivity contribution in [2.75, 3.05) is 7.11 Å². The van der Waals surface area contributed by atoms with E-state index in [1.54, 1.807) is 18.2 Å². The number of carbonyl (C=O) groups excluding carboxylic acids is 2. The molecule has 0 bridgehead atoms. The third kappa shape index (κ3) is 3.67. The van der Waals surface area contributed by atoms with Gasteiger partial charge in [0.2, 0.25) is 0 Å². The van der Waals surface area contributed by atoms with E-state index in [1.165, 1.54) is 7.11 Å². The van der Waals surface area contributed by atoms with E-state index in [4.69, 9.17) is 4.74 Å². The Morgan fingerprint density at radius 1 is 1.33 bits per heavy atom. The van der Waals surface area contributed by atoms with Crippen LogP contribution in [0.3, 0.4) is 0 Å². The molecule has 3 nitrogen and oxygen atoms in total. The van der Waals surface area contributed by atoms with Gasteiger partial charge in [-0.25, -0.2) is 0 Å². The van der Waals surface area contributed by atoms with E-state index in [2.05, 4.69) is 15.9 Å². The predicted molar refractivity (Wildman–Crippen MR) is 73.5 cm³/mol. The summed E-state index contributed by atoms with van der Waals surface area (Å²) in [6, 6.07) is 7.13. The standard InChI is InChI=1S/C14H17BrO3/c1-3-4-7-11(14(17)18-2)13(16)10-8-5-6-9-12(10)15/h5-6,8-9,11H,3-4,7H2,1-2H3. The third-order valence-electron chi connectivity index (χ3n) is 2.79. The van der Waals surface area contributed by atoms with Gasteiger partial charge in [-0.3, -0.25) is 9.59 Å². The zero-order valence-electron chi connectivity index (χ0n) is 10.6. The lowest BCUT2D eigenvalue weighted by atomic mass is 9.93. The Kier molecular flexibility index (Phi) is 6.05. The number of Topliss-reactive ketones (excluding diaryl/α,β-unsaturated/α-hetero) is 1. The maximum Gasteiger partial charge on any atom is 0.316 e. The second kappa shape index (κ2) is 7.31. The number of ether oxygens (including phenoxy) is 1. The average Bonchev–Trinajstić information content (AvgIpc) is 2.39. The molecule has 0 aliphatic heterocycles. The van der Waals surface area contributed by atoms with Crippen LogP contribution in [-0.2, 0) is 9.53 Å². The zero-order valence-corrected chi connectivity index (χ0v) is 12.2. The maximum atomic E-state index is 12.3. The summed E-state index contributed by atoms with van der Waals surface area (Å²) < 4.78 is 5.43. The van der Waals surface area contributed by atoms with Crippen molar-refractivity contribution in [1.82, 2.24) is 0 Å². The molecule has 0 spiro atoms. The van der Waals surface area contributed by atoms with Crippen LogP contribution in [0.25, 0.3) is 0 Å². The Hall–Kier alpha value is -1.16. The lowest BCUT2D eigenvalue weighted by Gasteiger charge is -2.14. The van der Waals surface area contributed by atoms with Gasteiger partial charge in [-0.05, 0) is 12.5 Å². The van der Waals surface area contributed by atoms with Crippen molar-refractivity contribution >= 4 is 27.7 Å². The van der Waals surface area contributed by atoms with Gasteiger partial charge in [-0.1, -0.05) is 53.9 Å². The van der Waals surface area contributed by atoms with Crippen molar-refractivity contribution in [3.63, 3.8) is 0 Å². The molecule has 4 heteroatoms. The van der Waals surface area contributed by atoms with Gasteiger partial charge < -0.3 is 4.74 Å². The van der Waals surface area contributed by atoms with Crippen molar-refractivity contribution < 1.29 is 14.3 Å². The van der Waals surface area contributed by atoms with E-state index in [1.807, 2.05) is 13.0 Å². The van der Waals surface area contributed by atoms with Crippen LogP contribution >= 0.6 is 15.9 Å². The number of hydrogen-bond acceptors (Lipinski definition) is 3. The van der Waals surface area contributed by atoms with Gasteiger partial charge in [0.1, 0.15) is 5.92 Å². The summed E-state index contributed by atoms with van der Waals surface area (Å²) in [4.78, 5) is 24.0. The first-order valence-corrected chi connectivity index (χ1v) is 6.77. The zero-order chi connectivity index (χ0) is 13.5. The van der Waals surface area contributed by atoms with Gasteiger partial charge in [-0.2, -0.15) is 0 Å². The summed E-state index contributed by atoms with van der Waals surface area (Å²) in [5.41, 5.74) is 0.531. The summed E-state index contributed by atoms with van der Waals surface area (Å²) >= 11 is 3.33. The Balaban J connectivity index is 2.95. The molecule has 0 aliphatic carbocycles. The molecule has 1 aromatic carbocycles. The molecule has 0 amide bonds. The van der Waals surface area contributed by atoms with Crippen molar-refractivity contribution in [2.45, 2.75) is 26.2 Å². The Morgan fingerprint density at radius 3 is 2.56 bits per heavy atom. The maximum absolute atomic E-state index is 12.3. The lowest BCUT2D eigenvalue weighted by Crippen LogP contribution is -2.25. The molecule has 98 valence electrons. The van der Waals surface area contributed by atoms with Crippen LogP contribution in [-0.4, -0.2) is 18.9 Å². The molecule has 0 radical (unpaired) electrons. The van der Waals surface area contributed by atoms with Gasteiger partial charge in [0.05, 0.1) is 7.11 Å². The van der Waals surface area contributed by atoms with Crippen LogP contribution in [0.4, 0.5) is 0 Å². The fourth-order valence-corrected chi connectivity index (χ4v) is 2.24. The number of rotatable bonds is 6. The SMILES string of the molecule is CCCCC(C(=O)OC)C(=O)c1ccccc1Br. The molecule has 1 unspecified atom stereocenters. The second-order valence-corrected chi connectivity index (χ2v) is 4.92. The molecule has 0 N–H and O–H groups in total. The molecule has 0 saturated heterocycles. The quantitative estimate of drug-likeness (QED) is 0.458. The third-order valence-corrected chi connectivity index (χ3v) is 3.48. The largest absolute Gasteiger partial charge is 0.468 e. The van der Waals surface area contributed by atoms with E-state index in [9.17, 15) is 9.59 Å². The number of halogens is 1. The molecule has 0 aliphatic rings. The Bertz CT molecular complexity index is 429. The smallest absolute Gasteiger partial charge is 0.316 e. The molecular formula is C14H17BrO3. The molecule has 1 aromatic rings. The summed E-state index contributed by atoms with van der Waals surface area (Å²) in [5.74, 6) is -1.33. The first kappa shape index (κ1) is 14.9. The van der Waals surface area contributed by atoms with E-state index < -0.39 is 11.9 Å². The normalized spacial score (nSPS) is 11.9. The Labute approximate surface area is 116 Å². The molecule has 18 heavy (non-hydrogen) atoms. The van der Waals surface area contributed by atoms with Crippen molar-refractivity contribution in [2.24, 2.45) is 5.92 Å². The van der Waals surface area contributed by atoms with Gasteiger partial charge in [0, 0.05) is 10.0 Å². The summed E-state index contributed by atoms with van der Waals surface area (Å²) in [6.07, 6.45) is 2.30. The number of ketones is 1. The van der Waals surface area contributed by atoms with Crippen LogP contribution in [0.2, 0.25) is 0 Å². The number of benzene rings is 1. The molecular weight excluding hydrogens is 296 g/mol. The minimum atomic E-state index is -0.700. The fourth-order valence-electron chi connectivity index (χ4n) is 1.76. The minimum absolute atomic E-state index is 0.178. The summed E-state index contributed by atoms with van der Waals surface area (Å²) in [7, 11) is 1.31. The van der Waals surface area contributed by atoms with Gasteiger partial charge in [-0.15, -0.1) is 0 Å². The van der Waals surface area contributed by atoms with Gasteiger partial charge in [0.15, 0.2) is 5.78 Å². The second-order valence-electron chi connectivity index (χ2n) is 4.06. The van der Waals surface area contributed by atoms with Gasteiger partial charge >= 0.3 is 5.97 Å². The van der Waals surface area contributed by atoms with Crippen molar-refractivity contribution in [3.8, 4) is 0 Å². The van der Waals surface area contributed by atoms with Gasteiger partial charge in [0.25, 0.3) is 0 Å². The number of esters is 1. The monoisotopic (exact) mass is 312 g/mol. The number of methoxy groups -OCH3 is 1. The van der Waals surface area contributed by atoms with Crippen LogP contribution in [0.15, 0.2) is 28.7 Å². The number of carbonyl (C=O) groups is 2. The highest BCUT2D eigenvalue weighted by Gasteiger charge is 2.28. The average molecular weight is 313 g/mol. The predicted octanol–water partition coefficient (Wildman–Crippen LogP) is 3.61. The first-order valence-electron chi connectivity index (χ1n) is 5.98. The molecule has 1 rings (SSSR count). The molecule has 0 aromatic heterocycles. The van der Waals surface area contributed by atoms with Crippen molar-refractivity contribution in [1.29, 1.82) is 0 Å². The van der Waals surface area contributed by atoms with Crippen LogP contribution in [0, 0.1) is 5.92 Å². The van der Waals surface area contributed by atoms with Crippen molar-refractivity contribution in [3.05, 3.63) is 34.3 Å². The molecule has 0 saturated carbocycles. The molecule has 1 atom stereocenters. The summed E-state index contributed by atoms with van der Waals surface area (Å²) in [5, 5.41) is 0. The number of hydrogen-bond donors (Lipinski definition) is 0. The van der Waals surface area contributed by atoms with E-state index in [-0.39, 0.29) is 5.78 Å². The topological polar surface area (TPSA) is 43.4 Å². The van der Waals surface area contributed by atoms with Crippen LogP contribution in [0.1, 0.15) is 36.5 Å². The Morgan fingerprint density at radius 2 is 2.00 bits per heavy atom. The first-order chi connectivity index (χ1) is 8.61. The minimum Gasteiger partial charge on any atom is -0.468 e.